The van der Waals surface area contributed by atoms with E-state index >= 15 is 0 Å². The standard InChI is InChI=1S/C24H30ClN5O2/c1-23(2)11-19-17(12-28-30(19)14-23)16-9-20(27-13-18(16)25)29-21(31)8-15-4-3-5-24(10-15)6-7-26-22(24)32/h9,12-13,15H,3-8,10-11,14H2,1-2H3,(H,26,32)(H,27,29,31)/t15-,24+/m1/s1. The second-order valence-corrected chi connectivity index (χ2v) is 11.0. The molecule has 2 N–H and O–H groups in total. The largest absolute Gasteiger partial charge is 0.356 e. The Morgan fingerprint density at radius 1 is 1.31 bits per heavy atom. The number of amides is 2. The van der Waals surface area contributed by atoms with E-state index in [9.17, 15) is 9.59 Å². The molecule has 1 aliphatic carbocycles. The molecule has 2 amide bonds. The van der Waals surface area contributed by atoms with Crippen molar-refractivity contribution in [3.8, 4) is 11.1 Å². The number of fused-ring (bicyclic) bond motifs is 1. The third-order valence-corrected chi connectivity index (χ3v) is 7.68. The Morgan fingerprint density at radius 3 is 2.94 bits per heavy atom. The van der Waals surface area contributed by atoms with Gasteiger partial charge in [0, 0.05) is 42.5 Å². The summed E-state index contributed by atoms with van der Waals surface area (Å²) in [6.07, 6.45) is 9.39. The minimum absolute atomic E-state index is 0.0624. The van der Waals surface area contributed by atoms with Crippen LogP contribution >= 0.6 is 11.6 Å². The van der Waals surface area contributed by atoms with Crippen LogP contribution in [0.5, 0.6) is 0 Å². The summed E-state index contributed by atoms with van der Waals surface area (Å²) in [4.78, 5) is 29.5. The quantitative estimate of drug-likeness (QED) is 0.722. The van der Waals surface area contributed by atoms with E-state index in [4.69, 9.17) is 11.6 Å². The fourth-order valence-corrected chi connectivity index (χ4v) is 6.06. The van der Waals surface area contributed by atoms with Crippen LogP contribution in [-0.2, 0) is 22.6 Å². The van der Waals surface area contributed by atoms with Crippen molar-refractivity contribution in [3.05, 3.63) is 29.2 Å². The number of aromatic nitrogens is 3. The van der Waals surface area contributed by atoms with E-state index in [1.807, 2.05) is 16.9 Å². The maximum atomic E-state index is 12.8. The van der Waals surface area contributed by atoms with Crippen molar-refractivity contribution in [1.82, 2.24) is 20.1 Å². The van der Waals surface area contributed by atoms with Gasteiger partial charge in [-0.15, -0.1) is 0 Å². The number of nitrogens with zero attached hydrogens (tertiary/aromatic N) is 3. The summed E-state index contributed by atoms with van der Waals surface area (Å²) in [6.45, 7) is 6.10. The van der Waals surface area contributed by atoms with Crippen LogP contribution in [0.4, 0.5) is 5.82 Å². The second kappa shape index (κ2) is 7.87. The second-order valence-electron chi connectivity index (χ2n) is 10.6. The molecule has 5 rings (SSSR count). The Kier molecular flexibility index (Phi) is 5.27. The van der Waals surface area contributed by atoms with Crippen molar-refractivity contribution in [2.75, 3.05) is 11.9 Å². The molecule has 0 radical (unpaired) electrons. The van der Waals surface area contributed by atoms with Crippen LogP contribution in [0.3, 0.4) is 0 Å². The van der Waals surface area contributed by atoms with Crippen LogP contribution in [-0.4, -0.2) is 33.1 Å². The monoisotopic (exact) mass is 455 g/mol. The summed E-state index contributed by atoms with van der Waals surface area (Å²) in [5.74, 6) is 0.826. The lowest BCUT2D eigenvalue weighted by atomic mass is 9.68. The predicted molar refractivity (Wildman–Crippen MR) is 123 cm³/mol. The average Bonchev–Trinajstić information content (AvgIpc) is 3.35. The van der Waals surface area contributed by atoms with Gasteiger partial charge in [0.2, 0.25) is 11.8 Å². The number of carbonyl (C=O) groups excluding carboxylic acids is 2. The highest BCUT2D eigenvalue weighted by atomic mass is 35.5. The average molecular weight is 456 g/mol. The van der Waals surface area contributed by atoms with Crippen molar-refractivity contribution in [1.29, 1.82) is 0 Å². The summed E-state index contributed by atoms with van der Waals surface area (Å²) < 4.78 is 2.04. The van der Waals surface area contributed by atoms with Crippen LogP contribution in [0.15, 0.2) is 18.5 Å². The Balaban J connectivity index is 1.29. The highest BCUT2D eigenvalue weighted by molar-refractivity contribution is 6.33. The van der Waals surface area contributed by atoms with Crippen molar-refractivity contribution in [3.63, 3.8) is 0 Å². The Bertz CT molecular complexity index is 1080. The van der Waals surface area contributed by atoms with Gasteiger partial charge in [0.05, 0.1) is 16.6 Å². The van der Waals surface area contributed by atoms with Gasteiger partial charge in [-0.05, 0) is 49.5 Å². The van der Waals surface area contributed by atoms with Crippen LogP contribution in [0.1, 0.15) is 58.1 Å². The predicted octanol–water partition coefficient (Wildman–Crippen LogP) is 4.21. The minimum atomic E-state index is -0.258. The number of pyridine rings is 1. The van der Waals surface area contributed by atoms with E-state index in [1.54, 1.807) is 6.20 Å². The third-order valence-electron chi connectivity index (χ3n) is 7.38. The molecule has 7 nitrogen and oxygen atoms in total. The van der Waals surface area contributed by atoms with Crippen LogP contribution in [0.25, 0.3) is 11.1 Å². The number of hydrogen-bond donors (Lipinski definition) is 2. The van der Waals surface area contributed by atoms with Crippen LogP contribution < -0.4 is 10.6 Å². The smallest absolute Gasteiger partial charge is 0.226 e. The lowest BCUT2D eigenvalue weighted by Crippen LogP contribution is -2.37. The zero-order valence-electron chi connectivity index (χ0n) is 18.7. The van der Waals surface area contributed by atoms with Crippen molar-refractivity contribution >= 4 is 29.2 Å². The van der Waals surface area contributed by atoms with Crippen molar-refractivity contribution in [2.24, 2.45) is 16.7 Å². The molecule has 1 saturated heterocycles. The summed E-state index contributed by atoms with van der Waals surface area (Å²) >= 11 is 6.49. The first-order chi connectivity index (χ1) is 15.2. The molecule has 170 valence electrons. The third kappa shape index (κ3) is 3.91. The first kappa shape index (κ1) is 21.4. The number of rotatable bonds is 4. The highest BCUT2D eigenvalue weighted by Gasteiger charge is 2.45. The van der Waals surface area contributed by atoms with Gasteiger partial charge in [0.15, 0.2) is 0 Å². The molecule has 2 aromatic rings. The van der Waals surface area contributed by atoms with E-state index in [0.717, 1.165) is 62.7 Å². The van der Waals surface area contributed by atoms with Crippen LogP contribution in [0.2, 0.25) is 5.02 Å². The lowest BCUT2D eigenvalue weighted by Gasteiger charge is -2.35. The van der Waals surface area contributed by atoms with Crippen LogP contribution in [0, 0.1) is 16.7 Å². The summed E-state index contributed by atoms with van der Waals surface area (Å²) in [5.41, 5.74) is 2.92. The molecule has 3 aliphatic rings. The lowest BCUT2D eigenvalue weighted by molar-refractivity contribution is -0.131. The van der Waals surface area contributed by atoms with Gasteiger partial charge in [-0.1, -0.05) is 31.9 Å². The maximum absolute atomic E-state index is 12.8. The van der Waals surface area contributed by atoms with Gasteiger partial charge in [0.25, 0.3) is 0 Å². The van der Waals surface area contributed by atoms with E-state index in [-0.39, 0.29) is 28.6 Å². The molecule has 2 fully saturated rings. The SMILES string of the molecule is CC1(C)Cc2c(-c3cc(NC(=O)C[C@H]4CCC[C@]5(CCNC5=O)C4)ncc3Cl)cnn2C1. The molecule has 8 heteroatoms. The summed E-state index contributed by atoms with van der Waals surface area (Å²) in [6, 6.07) is 1.84. The Morgan fingerprint density at radius 2 is 2.16 bits per heavy atom. The van der Waals surface area contributed by atoms with Gasteiger partial charge in [-0.2, -0.15) is 5.10 Å². The number of hydrogen-bond acceptors (Lipinski definition) is 4. The molecular formula is C24H30ClN5O2. The van der Waals surface area contributed by atoms with Gasteiger partial charge in [0.1, 0.15) is 5.82 Å². The maximum Gasteiger partial charge on any atom is 0.226 e. The fraction of sp³-hybridized carbons (Fsp3) is 0.583. The zero-order chi connectivity index (χ0) is 22.5. The molecule has 32 heavy (non-hydrogen) atoms. The van der Waals surface area contributed by atoms with Crippen molar-refractivity contribution in [2.45, 2.75) is 65.3 Å². The molecular weight excluding hydrogens is 426 g/mol. The number of carbonyl (C=O) groups is 2. The molecule has 0 unspecified atom stereocenters. The summed E-state index contributed by atoms with van der Waals surface area (Å²) in [5, 5.41) is 11.0. The molecule has 2 atom stereocenters. The Hall–Kier alpha value is -2.41. The van der Waals surface area contributed by atoms with E-state index in [1.165, 1.54) is 5.69 Å². The summed E-state index contributed by atoms with van der Waals surface area (Å²) in [7, 11) is 0. The molecule has 4 heterocycles. The van der Waals surface area contributed by atoms with Gasteiger partial charge >= 0.3 is 0 Å². The number of anilines is 1. The molecule has 0 bridgehead atoms. The Labute approximate surface area is 193 Å². The minimum Gasteiger partial charge on any atom is -0.356 e. The van der Waals surface area contributed by atoms with E-state index < -0.39 is 0 Å². The molecule has 1 saturated carbocycles. The van der Waals surface area contributed by atoms with Gasteiger partial charge < -0.3 is 10.6 Å². The van der Waals surface area contributed by atoms with Gasteiger partial charge in [-0.25, -0.2) is 4.98 Å². The number of halogens is 1. The fourth-order valence-electron chi connectivity index (χ4n) is 5.85. The zero-order valence-corrected chi connectivity index (χ0v) is 19.5. The molecule has 0 aromatic carbocycles. The van der Waals surface area contributed by atoms with Crippen molar-refractivity contribution < 1.29 is 9.59 Å². The van der Waals surface area contributed by atoms with E-state index in [0.29, 0.717) is 17.3 Å². The first-order valence-electron chi connectivity index (χ1n) is 11.5. The number of nitrogens with one attached hydrogen (secondary N) is 2. The van der Waals surface area contributed by atoms with Gasteiger partial charge in [-0.3, -0.25) is 14.3 Å². The molecule has 2 aromatic heterocycles. The topological polar surface area (TPSA) is 88.9 Å². The first-order valence-corrected chi connectivity index (χ1v) is 11.9. The highest BCUT2D eigenvalue weighted by Crippen LogP contribution is 2.45. The normalized spacial score (nSPS) is 26.2. The molecule has 1 spiro atoms. The van der Waals surface area contributed by atoms with E-state index in [2.05, 4.69) is 34.6 Å². The molecule has 2 aliphatic heterocycles.